The first kappa shape index (κ1) is 31.5. The molecule has 2 N–H and O–H groups in total. The lowest BCUT2D eigenvalue weighted by Gasteiger charge is -2.32. The summed E-state index contributed by atoms with van der Waals surface area (Å²) in [5.41, 5.74) is 2.87. The number of quaternary nitrogens is 1. The first-order chi connectivity index (χ1) is 22.4. The third-order valence-electron chi connectivity index (χ3n) is 9.57. The van der Waals surface area contributed by atoms with E-state index in [-0.39, 0.29) is 23.9 Å². The highest BCUT2D eigenvalue weighted by Gasteiger charge is 2.59. The van der Waals surface area contributed by atoms with E-state index in [1.807, 2.05) is 96.4 Å². The van der Waals surface area contributed by atoms with Gasteiger partial charge in [-0.1, -0.05) is 55.5 Å². The predicted molar refractivity (Wildman–Crippen MR) is 182 cm³/mol. The van der Waals surface area contributed by atoms with Crippen molar-refractivity contribution in [2.24, 2.45) is 0 Å². The highest BCUT2D eigenvalue weighted by molar-refractivity contribution is 7.86. The van der Waals surface area contributed by atoms with Gasteiger partial charge in [0, 0.05) is 31.4 Å². The van der Waals surface area contributed by atoms with Gasteiger partial charge in [0.1, 0.15) is 0 Å². The van der Waals surface area contributed by atoms with Crippen LogP contribution in [0.15, 0.2) is 94.7 Å². The number of rotatable bonds is 8. The lowest BCUT2D eigenvalue weighted by atomic mass is 10.1. The number of oxazole rings is 1. The summed E-state index contributed by atoms with van der Waals surface area (Å²) in [5.74, 6) is 1.41. The molecular weight excluding hydrogens is 641 g/mol. The van der Waals surface area contributed by atoms with Crippen LogP contribution >= 0.6 is 0 Å². The van der Waals surface area contributed by atoms with E-state index < -0.39 is 30.9 Å². The Kier molecular flexibility index (Phi) is 7.76. The van der Waals surface area contributed by atoms with Crippen molar-refractivity contribution in [2.45, 2.75) is 56.7 Å². The summed E-state index contributed by atoms with van der Waals surface area (Å²) in [5, 5.41) is 1.70. The van der Waals surface area contributed by atoms with Gasteiger partial charge in [-0.25, -0.2) is 4.48 Å². The minimum absolute atomic E-state index is 0.146. The molecule has 5 aromatic rings. The molecule has 0 amide bonds. The van der Waals surface area contributed by atoms with Crippen LogP contribution in [0.2, 0.25) is 0 Å². The lowest BCUT2D eigenvalue weighted by Crippen LogP contribution is -2.54. The molecule has 47 heavy (non-hydrogen) atoms. The average Bonchev–Trinajstić information content (AvgIpc) is 3.72. The number of hydrogen-bond acceptors (Lipinski definition) is 6. The minimum atomic E-state index is -4.46. The fraction of sp³-hybridized carbons (Fsp3) is 0.286. The van der Waals surface area contributed by atoms with Crippen molar-refractivity contribution >= 4 is 64.6 Å². The number of fused-ring (bicyclic) bond motifs is 6. The van der Waals surface area contributed by atoms with Crippen LogP contribution in [0.5, 0.6) is 5.75 Å². The topological polar surface area (TPSA) is 135 Å². The molecule has 1 saturated heterocycles. The van der Waals surface area contributed by atoms with Crippen molar-refractivity contribution in [1.82, 2.24) is 4.48 Å². The van der Waals surface area contributed by atoms with E-state index in [9.17, 15) is 25.9 Å². The number of ether oxygens (including phenoxy) is 1. The van der Waals surface area contributed by atoms with Gasteiger partial charge in [-0.15, -0.1) is 0 Å². The standard InChI is InChI=1S/C35H34N2O8S2/c1-3-24(19-32-36(17-16-23(2)46(38,39)40)35-28-12-7-6-9-25(28)14-15-30(35)44-32)20-33-37(18-8-13-34(37)47(41,42)43)29-21-26-10-4-5-11-27(26)22-31(29)45-33/h4-7,9-12,14-15,19-23,34H,3,8,13,16-18H2,1-2H3/p+2. The predicted octanol–water partition coefficient (Wildman–Crippen LogP) is 6.74. The molecule has 0 saturated carbocycles. The molecule has 1 aromatic heterocycles. The number of aromatic nitrogens is 1. The summed E-state index contributed by atoms with van der Waals surface area (Å²) in [4.78, 5) is 0. The maximum atomic E-state index is 12.9. The maximum absolute atomic E-state index is 12.9. The van der Waals surface area contributed by atoms with E-state index in [4.69, 9.17) is 9.15 Å². The summed E-state index contributed by atoms with van der Waals surface area (Å²) in [6.07, 6.45) is 5.22. The van der Waals surface area contributed by atoms with E-state index in [0.717, 1.165) is 32.6 Å². The second kappa shape index (κ2) is 11.6. The third-order valence-corrected chi connectivity index (χ3v) is 12.1. The smallest absolute Gasteiger partial charge is 0.374 e. The van der Waals surface area contributed by atoms with Crippen molar-refractivity contribution in [2.75, 3.05) is 6.54 Å². The van der Waals surface area contributed by atoms with Crippen LogP contribution in [0.1, 0.15) is 45.4 Å². The van der Waals surface area contributed by atoms with Crippen LogP contribution in [-0.4, -0.2) is 43.1 Å². The molecule has 12 heteroatoms. The Labute approximate surface area is 273 Å². The second-order valence-corrected chi connectivity index (χ2v) is 15.8. The van der Waals surface area contributed by atoms with Crippen molar-refractivity contribution in [1.29, 1.82) is 0 Å². The van der Waals surface area contributed by atoms with Crippen molar-refractivity contribution in [3.63, 3.8) is 0 Å². The molecule has 1 fully saturated rings. The Morgan fingerprint density at radius 1 is 1.00 bits per heavy atom. The number of hydrogen-bond donors (Lipinski definition) is 2. The van der Waals surface area contributed by atoms with Crippen molar-refractivity contribution < 1.29 is 39.7 Å². The third kappa shape index (κ3) is 5.43. The summed E-state index contributed by atoms with van der Waals surface area (Å²) in [6, 6.07) is 23.4. The molecule has 0 aliphatic carbocycles. The SMILES string of the molecule is CCC(=Cc1oc2ccc3ccccc3c2[n+]1CCC(C)S(=O)(=O)O)C=C1Oc2cc3ccccc3cc2[N+]12CCCC2S(=O)(=O)O. The van der Waals surface area contributed by atoms with Gasteiger partial charge in [-0.3, -0.25) is 9.11 Å². The fourth-order valence-corrected chi connectivity index (χ4v) is 8.71. The minimum Gasteiger partial charge on any atom is -0.406 e. The first-order valence-corrected chi connectivity index (χ1v) is 18.7. The molecule has 0 bridgehead atoms. The first-order valence-electron chi connectivity index (χ1n) is 15.7. The second-order valence-electron chi connectivity index (χ2n) is 12.4. The zero-order chi connectivity index (χ0) is 33.1. The number of benzene rings is 4. The van der Waals surface area contributed by atoms with Gasteiger partial charge >= 0.3 is 21.9 Å². The highest BCUT2D eigenvalue weighted by atomic mass is 32.2. The van der Waals surface area contributed by atoms with Crippen LogP contribution in [0, 0.1) is 0 Å². The molecule has 3 atom stereocenters. The largest absolute Gasteiger partial charge is 0.406 e. The normalized spacial score (nSPS) is 21.7. The monoisotopic (exact) mass is 676 g/mol. The molecule has 244 valence electrons. The summed E-state index contributed by atoms with van der Waals surface area (Å²) >= 11 is 0. The summed E-state index contributed by atoms with van der Waals surface area (Å²) < 4.78 is 84.3. The number of nitrogens with zero attached hydrogens (tertiary/aromatic N) is 2. The Bertz CT molecular complexity index is 2340. The molecule has 7 rings (SSSR count). The maximum Gasteiger partial charge on any atom is 0.374 e. The van der Waals surface area contributed by atoms with Gasteiger partial charge < -0.3 is 9.15 Å². The Morgan fingerprint density at radius 2 is 1.70 bits per heavy atom. The average molecular weight is 677 g/mol. The van der Waals surface area contributed by atoms with Crippen LogP contribution in [-0.2, 0) is 26.8 Å². The number of aryl methyl sites for hydroxylation is 1. The van der Waals surface area contributed by atoms with Gasteiger partial charge in [0.2, 0.25) is 11.0 Å². The molecule has 2 aliphatic rings. The van der Waals surface area contributed by atoms with E-state index in [1.54, 1.807) is 0 Å². The van der Waals surface area contributed by atoms with Gasteiger partial charge in [0.25, 0.3) is 15.6 Å². The fourth-order valence-electron chi connectivity index (χ4n) is 7.07. The van der Waals surface area contributed by atoms with Gasteiger partial charge in [-0.2, -0.15) is 21.4 Å². The Hall–Kier alpha value is -4.07. The molecule has 3 heterocycles. The highest BCUT2D eigenvalue weighted by Crippen LogP contribution is 2.53. The molecular formula is C35H36N2O8S2+2. The molecule has 0 radical (unpaired) electrons. The van der Waals surface area contributed by atoms with E-state index in [2.05, 4.69) is 0 Å². The van der Waals surface area contributed by atoms with E-state index in [0.29, 0.717) is 48.2 Å². The van der Waals surface area contributed by atoms with Crippen LogP contribution in [0.4, 0.5) is 5.69 Å². The van der Waals surface area contributed by atoms with E-state index >= 15 is 0 Å². The van der Waals surface area contributed by atoms with Crippen molar-refractivity contribution in [3.8, 4) is 5.75 Å². The Morgan fingerprint density at radius 3 is 2.40 bits per heavy atom. The van der Waals surface area contributed by atoms with E-state index in [1.165, 1.54) is 6.92 Å². The van der Waals surface area contributed by atoms with Crippen molar-refractivity contribution in [3.05, 3.63) is 96.2 Å². The molecule has 2 aliphatic heterocycles. The van der Waals surface area contributed by atoms with Gasteiger partial charge in [-0.05, 0) is 53.3 Å². The number of allylic oxidation sites excluding steroid dienone is 2. The van der Waals surface area contributed by atoms with Crippen LogP contribution < -0.4 is 13.8 Å². The quantitative estimate of drug-likeness (QED) is 0.105. The lowest BCUT2D eigenvalue weighted by molar-refractivity contribution is -0.677. The summed E-state index contributed by atoms with van der Waals surface area (Å²) in [6.45, 7) is 4.12. The zero-order valence-corrected chi connectivity index (χ0v) is 27.7. The molecule has 10 nitrogen and oxygen atoms in total. The Balaban J connectivity index is 1.40. The molecule has 3 unspecified atom stereocenters. The summed E-state index contributed by atoms with van der Waals surface area (Å²) in [7, 11) is -8.69. The van der Waals surface area contributed by atoms with Gasteiger partial charge in [0.15, 0.2) is 18.0 Å². The zero-order valence-electron chi connectivity index (χ0n) is 26.0. The van der Waals surface area contributed by atoms with Crippen LogP contribution in [0.3, 0.4) is 0 Å². The van der Waals surface area contributed by atoms with Crippen LogP contribution in [0.25, 0.3) is 38.7 Å². The molecule has 1 spiro atoms. The van der Waals surface area contributed by atoms with Gasteiger partial charge in [0.05, 0.1) is 23.3 Å². The molecule has 4 aromatic carbocycles.